The molecule has 0 atom stereocenters. The van der Waals surface area contributed by atoms with E-state index in [2.05, 4.69) is 15.5 Å². The van der Waals surface area contributed by atoms with Crippen LogP contribution in [0.4, 0.5) is 0 Å². The summed E-state index contributed by atoms with van der Waals surface area (Å²) in [6.07, 6.45) is 0. The number of carbonyl (C=O) groups excluding carboxylic acids is 1. The Bertz CT molecular complexity index is 907. The maximum Gasteiger partial charge on any atom is 0.269 e. The first-order valence-electron chi connectivity index (χ1n) is 7.91. The number of amides is 1. The van der Waals surface area contributed by atoms with E-state index in [4.69, 9.17) is 21.1 Å². The minimum absolute atomic E-state index is 0.243. The highest BCUT2D eigenvalue weighted by molar-refractivity contribution is 6.30. The number of aromatic amines is 1. The lowest BCUT2D eigenvalue weighted by Crippen LogP contribution is -2.23. The second kappa shape index (κ2) is 7.93. The van der Waals surface area contributed by atoms with E-state index in [-0.39, 0.29) is 5.91 Å². The number of nitrogens with zero attached hydrogens (tertiary/aromatic N) is 1. The number of rotatable bonds is 6. The minimum Gasteiger partial charge on any atom is -0.493 e. The number of benzene rings is 2. The molecule has 0 unspecified atom stereocenters. The number of H-pyrrole nitrogens is 1. The third-order valence-corrected chi connectivity index (χ3v) is 4.12. The standard InChI is InChI=1S/C19H18ClN3O3/c1-25-17-8-3-12(9-18(17)26-2)11-21-19(24)16-10-15(22-23-16)13-4-6-14(20)7-5-13/h3-10H,11H2,1-2H3,(H,21,24)(H,22,23). The Labute approximate surface area is 156 Å². The number of carbonyl (C=O) groups is 1. The highest BCUT2D eigenvalue weighted by Crippen LogP contribution is 2.27. The van der Waals surface area contributed by atoms with Crippen molar-refractivity contribution in [1.82, 2.24) is 15.5 Å². The molecule has 0 aliphatic rings. The molecule has 0 bridgehead atoms. The normalized spacial score (nSPS) is 10.4. The van der Waals surface area contributed by atoms with Crippen molar-refractivity contribution < 1.29 is 14.3 Å². The van der Waals surface area contributed by atoms with E-state index < -0.39 is 0 Å². The molecule has 3 aromatic rings. The smallest absolute Gasteiger partial charge is 0.269 e. The third-order valence-electron chi connectivity index (χ3n) is 3.86. The van der Waals surface area contributed by atoms with Crippen LogP contribution in [0.25, 0.3) is 11.3 Å². The van der Waals surface area contributed by atoms with Gasteiger partial charge in [0, 0.05) is 17.1 Å². The van der Waals surface area contributed by atoms with Crippen molar-refractivity contribution in [1.29, 1.82) is 0 Å². The summed E-state index contributed by atoms with van der Waals surface area (Å²) < 4.78 is 10.5. The first-order chi connectivity index (χ1) is 12.6. The van der Waals surface area contributed by atoms with Crippen LogP contribution >= 0.6 is 11.6 Å². The van der Waals surface area contributed by atoms with Crippen LogP contribution in [0.15, 0.2) is 48.5 Å². The van der Waals surface area contributed by atoms with Gasteiger partial charge in [0.25, 0.3) is 5.91 Å². The van der Waals surface area contributed by atoms with Gasteiger partial charge in [-0.3, -0.25) is 9.89 Å². The molecule has 0 aliphatic carbocycles. The summed E-state index contributed by atoms with van der Waals surface area (Å²) in [4.78, 5) is 12.3. The summed E-state index contributed by atoms with van der Waals surface area (Å²) in [6.45, 7) is 0.356. The number of halogens is 1. The van der Waals surface area contributed by atoms with Gasteiger partial charge >= 0.3 is 0 Å². The molecule has 1 heterocycles. The van der Waals surface area contributed by atoms with E-state index in [1.54, 1.807) is 38.5 Å². The molecule has 1 aromatic heterocycles. The van der Waals surface area contributed by atoms with Crippen LogP contribution in [0.2, 0.25) is 5.02 Å². The summed E-state index contributed by atoms with van der Waals surface area (Å²) in [5, 5.41) is 10.4. The van der Waals surface area contributed by atoms with Crippen LogP contribution in [-0.2, 0) is 6.54 Å². The van der Waals surface area contributed by atoms with Crippen LogP contribution in [0.5, 0.6) is 11.5 Å². The predicted molar refractivity (Wildman–Crippen MR) is 99.7 cm³/mol. The van der Waals surface area contributed by atoms with E-state index >= 15 is 0 Å². The van der Waals surface area contributed by atoms with Gasteiger partial charge in [0.2, 0.25) is 0 Å². The zero-order valence-electron chi connectivity index (χ0n) is 14.4. The Morgan fingerprint density at radius 1 is 1.08 bits per heavy atom. The number of methoxy groups -OCH3 is 2. The highest BCUT2D eigenvalue weighted by Gasteiger charge is 2.12. The van der Waals surface area contributed by atoms with Crippen molar-refractivity contribution in [2.24, 2.45) is 0 Å². The van der Waals surface area contributed by atoms with Crippen molar-refractivity contribution in [2.45, 2.75) is 6.54 Å². The monoisotopic (exact) mass is 371 g/mol. The van der Waals surface area contributed by atoms with Crippen molar-refractivity contribution in [2.75, 3.05) is 14.2 Å². The molecule has 1 amide bonds. The predicted octanol–water partition coefficient (Wildman–Crippen LogP) is 3.68. The van der Waals surface area contributed by atoms with Gasteiger partial charge in [0.05, 0.1) is 19.9 Å². The molecule has 134 valence electrons. The lowest BCUT2D eigenvalue weighted by Gasteiger charge is -2.10. The van der Waals surface area contributed by atoms with E-state index in [0.717, 1.165) is 11.1 Å². The highest BCUT2D eigenvalue weighted by atomic mass is 35.5. The third kappa shape index (κ3) is 3.97. The minimum atomic E-state index is -0.243. The quantitative estimate of drug-likeness (QED) is 0.693. The molecular weight excluding hydrogens is 354 g/mol. The molecule has 3 rings (SSSR count). The van der Waals surface area contributed by atoms with Crippen LogP contribution in [0, 0.1) is 0 Å². The molecule has 7 heteroatoms. The fraction of sp³-hybridized carbons (Fsp3) is 0.158. The van der Waals surface area contributed by atoms with Gasteiger partial charge in [0.15, 0.2) is 11.5 Å². The maximum atomic E-state index is 12.3. The Balaban J connectivity index is 1.66. The number of hydrogen-bond acceptors (Lipinski definition) is 4. The van der Waals surface area contributed by atoms with Crippen molar-refractivity contribution in [3.63, 3.8) is 0 Å². The average molecular weight is 372 g/mol. The summed E-state index contributed by atoms with van der Waals surface area (Å²) in [6, 6.07) is 14.5. The molecule has 2 N–H and O–H groups in total. The Hall–Kier alpha value is -2.99. The molecule has 26 heavy (non-hydrogen) atoms. The molecule has 0 radical (unpaired) electrons. The van der Waals surface area contributed by atoms with Crippen molar-refractivity contribution in [3.05, 3.63) is 64.8 Å². The molecule has 0 spiro atoms. The average Bonchev–Trinajstić information content (AvgIpc) is 3.16. The SMILES string of the molecule is COc1ccc(CNC(=O)c2cc(-c3ccc(Cl)cc3)n[nH]2)cc1OC. The van der Waals surface area contributed by atoms with Gasteiger partial charge in [-0.1, -0.05) is 29.8 Å². The van der Waals surface area contributed by atoms with Gasteiger partial charge in [-0.2, -0.15) is 5.10 Å². The van der Waals surface area contributed by atoms with Crippen molar-refractivity contribution >= 4 is 17.5 Å². The van der Waals surface area contributed by atoms with Gasteiger partial charge in [-0.25, -0.2) is 0 Å². The molecule has 0 fully saturated rings. The number of hydrogen-bond donors (Lipinski definition) is 2. The Kier molecular flexibility index (Phi) is 5.43. The fourth-order valence-electron chi connectivity index (χ4n) is 2.47. The first-order valence-corrected chi connectivity index (χ1v) is 8.29. The zero-order valence-corrected chi connectivity index (χ0v) is 15.1. The second-order valence-electron chi connectivity index (χ2n) is 5.55. The zero-order chi connectivity index (χ0) is 18.5. The maximum absolute atomic E-state index is 12.3. The van der Waals surface area contributed by atoms with Crippen molar-refractivity contribution in [3.8, 4) is 22.8 Å². The summed E-state index contributed by atoms with van der Waals surface area (Å²) in [5.41, 5.74) is 2.84. The first kappa shape index (κ1) is 17.8. The molecule has 0 saturated heterocycles. The lowest BCUT2D eigenvalue weighted by atomic mass is 10.1. The van der Waals surface area contributed by atoms with Gasteiger partial charge in [-0.05, 0) is 35.9 Å². The van der Waals surface area contributed by atoms with E-state index in [0.29, 0.717) is 34.5 Å². The summed E-state index contributed by atoms with van der Waals surface area (Å²) in [5.74, 6) is 1.02. The molecule has 6 nitrogen and oxygen atoms in total. The van der Waals surface area contributed by atoms with Crippen LogP contribution < -0.4 is 14.8 Å². The van der Waals surface area contributed by atoms with Gasteiger partial charge in [-0.15, -0.1) is 0 Å². The lowest BCUT2D eigenvalue weighted by molar-refractivity contribution is 0.0946. The number of nitrogens with one attached hydrogen (secondary N) is 2. The van der Waals surface area contributed by atoms with Crippen LogP contribution in [-0.4, -0.2) is 30.3 Å². The molecule has 0 saturated carbocycles. The Morgan fingerprint density at radius 3 is 2.50 bits per heavy atom. The molecular formula is C19H18ClN3O3. The second-order valence-corrected chi connectivity index (χ2v) is 5.98. The van der Waals surface area contributed by atoms with Gasteiger partial charge in [0.1, 0.15) is 5.69 Å². The van der Waals surface area contributed by atoms with E-state index in [1.165, 1.54) is 0 Å². The fourth-order valence-corrected chi connectivity index (χ4v) is 2.60. The van der Waals surface area contributed by atoms with E-state index in [1.807, 2.05) is 24.3 Å². The number of ether oxygens (including phenoxy) is 2. The van der Waals surface area contributed by atoms with Crippen LogP contribution in [0.3, 0.4) is 0 Å². The number of aromatic nitrogens is 2. The summed E-state index contributed by atoms with van der Waals surface area (Å²) >= 11 is 5.89. The van der Waals surface area contributed by atoms with Crippen LogP contribution in [0.1, 0.15) is 16.1 Å². The molecule has 2 aromatic carbocycles. The largest absolute Gasteiger partial charge is 0.493 e. The Morgan fingerprint density at radius 2 is 1.81 bits per heavy atom. The van der Waals surface area contributed by atoms with E-state index in [9.17, 15) is 4.79 Å². The van der Waals surface area contributed by atoms with Gasteiger partial charge < -0.3 is 14.8 Å². The topological polar surface area (TPSA) is 76.2 Å². The molecule has 0 aliphatic heterocycles. The summed E-state index contributed by atoms with van der Waals surface area (Å²) in [7, 11) is 3.15.